The topological polar surface area (TPSA) is 84.4 Å². The molecule has 0 amide bonds. The molecule has 0 saturated carbocycles. The van der Waals surface area contributed by atoms with Crippen molar-refractivity contribution in [2.45, 2.75) is 4.90 Å². The van der Waals surface area contributed by atoms with Gasteiger partial charge in [-0.1, -0.05) is 0 Å². The maximum Gasteiger partial charge on any atom is 0.244 e. The standard InChI is InChI=1S/C9H11BrN2O4S2/c10-8-5-9(7-11-6-8)18(15,16)12-1-3-17(13,14)4-2-12/h5-7H,1-4H2. The first-order valence-corrected chi connectivity index (χ1v) is 9.18. The summed E-state index contributed by atoms with van der Waals surface area (Å²) in [4.78, 5) is 3.87. The van der Waals surface area contributed by atoms with Crippen LogP contribution in [0.4, 0.5) is 0 Å². The lowest BCUT2D eigenvalue weighted by molar-refractivity contribution is 0.430. The molecule has 1 aromatic heterocycles. The van der Waals surface area contributed by atoms with E-state index in [4.69, 9.17) is 0 Å². The van der Waals surface area contributed by atoms with Crippen LogP contribution < -0.4 is 0 Å². The highest BCUT2D eigenvalue weighted by Crippen LogP contribution is 2.20. The second-order valence-electron chi connectivity index (χ2n) is 3.89. The van der Waals surface area contributed by atoms with Gasteiger partial charge in [0.1, 0.15) is 4.90 Å². The minimum Gasteiger partial charge on any atom is -0.262 e. The van der Waals surface area contributed by atoms with Crippen LogP contribution in [0.3, 0.4) is 0 Å². The maximum absolute atomic E-state index is 12.2. The number of aromatic nitrogens is 1. The lowest BCUT2D eigenvalue weighted by atomic mass is 10.5. The van der Waals surface area contributed by atoms with E-state index in [-0.39, 0.29) is 29.5 Å². The van der Waals surface area contributed by atoms with Crippen LogP contribution in [0.2, 0.25) is 0 Å². The van der Waals surface area contributed by atoms with Gasteiger partial charge in [-0.15, -0.1) is 0 Å². The Morgan fingerprint density at radius 1 is 1.22 bits per heavy atom. The van der Waals surface area contributed by atoms with Crippen molar-refractivity contribution in [3.8, 4) is 0 Å². The van der Waals surface area contributed by atoms with Crippen molar-refractivity contribution in [3.63, 3.8) is 0 Å². The molecule has 100 valence electrons. The van der Waals surface area contributed by atoms with Gasteiger partial charge in [0.25, 0.3) is 0 Å². The summed E-state index contributed by atoms with van der Waals surface area (Å²) in [6, 6.07) is 1.45. The van der Waals surface area contributed by atoms with Gasteiger partial charge >= 0.3 is 0 Å². The Labute approximate surface area is 114 Å². The third kappa shape index (κ3) is 2.90. The number of sulfonamides is 1. The van der Waals surface area contributed by atoms with Gasteiger partial charge in [-0.05, 0) is 22.0 Å². The number of pyridine rings is 1. The van der Waals surface area contributed by atoms with Crippen molar-refractivity contribution < 1.29 is 16.8 Å². The van der Waals surface area contributed by atoms with E-state index in [1.807, 2.05) is 0 Å². The molecule has 0 radical (unpaired) electrons. The molecule has 0 N–H and O–H groups in total. The van der Waals surface area contributed by atoms with Crippen LogP contribution in [0.5, 0.6) is 0 Å². The average molecular weight is 355 g/mol. The van der Waals surface area contributed by atoms with E-state index >= 15 is 0 Å². The Bertz CT molecular complexity index is 643. The second kappa shape index (κ2) is 4.87. The summed E-state index contributed by atoms with van der Waals surface area (Å²) in [6.45, 7) is -0.00560. The largest absolute Gasteiger partial charge is 0.262 e. The van der Waals surface area contributed by atoms with Gasteiger partial charge in [0.2, 0.25) is 10.0 Å². The minimum absolute atomic E-state index is 0.00280. The summed E-state index contributed by atoms with van der Waals surface area (Å²) in [5, 5.41) is 0. The average Bonchev–Trinajstić information content (AvgIpc) is 2.28. The zero-order chi connectivity index (χ0) is 13.4. The predicted octanol–water partition coefficient (Wildman–Crippen LogP) is 0.263. The van der Waals surface area contributed by atoms with Crippen LogP contribution in [-0.2, 0) is 19.9 Å². The lowest BCUT2D eigenvalue weighted by Gasteiger charge is -2.25. The van der Waals surface area contributed by atoms with Gasteiger partial charge in [-0.2, -0.15) is 4.31 Å². The molecular weight excluding hydrogens is 344 g/mol. The minimum atomic E-state index is -3.66. The number of hydrogen-bond acceptors (Lipinski definition) is 5. The molecule has 0 spiro atoms. The van der Waals surface area contributed by atoms with Crippen molar-refractivity contribution in [3.05, 3.63) is 22.9 Å². The quantitative estimate of drug-likeness (QED) is 0.760. The summed E-state index contributed by atoms with van der Waals surface area (Å²) >= 11 is 3.16. The van der Waals surface area contributed by atoms with Crippen LogP contribution in [0.25, 0.3) is 0 Å². The lowest BCUT2D eigenvalue weighted by Crippen LogP contribution is -2.43. The normalized spacial score (nSPS) is 20.7. The molecule has 1 saturated heterocycles. The molecule has 0 unspecified atom stereocenters. The fraction of sp³-hybridized carbons (Fsp3) is 0.444. The van der Waals surface area contributed by atoms with Gasteiger partial charge < -0.3 is 0 Å². The molecule has 6 nitrogen and oxygen atoms in total. The third-order valence-corrected chi connectivity index (χ3v) is 6.53. The predicted molar refractivity (Wildman–Crippen MR) is 69.3 cm³/mol. The van der Waals surface area contributed by atoms with Crippen molar-refractivity contribution in [1.82, 2.24) is 9.29 Å². The molecule has 0 atom stereocenters. The highest BCUT2D eigenvalue weighted by atomic mass is 79.9. The third-order valence-electron chi connectivity index (χ3n) is 2.62. The summed E-state index contributed by atoms with van der Waals surface area (Å²) in [7, 11) is -6.76. The molecule has 0 aromatic carbocycles. The first-order chi connectivity index (χ1) is 8.31. The molecule has 2 rings (SSSR count). The summed E-state index contributed by atoms with van der Waals surface area (Å²) in [5.74, 6) is -0.263. The van der Waals surface area contributed by atoms with Gasteiger partial charge in [0.05, 0.1) is 11.5 Å². The first-order valence-electron chi connectivity index (χ1n) is 5.12. The van der Waals surface area contributed by atoms with E-state index in [1.165, 1.54) is 22.8 Å². The van der Waals surface area contributed by atoms with Crippen LogP contribution >= 0.6 is 15.9 Å². The highest BCUT2D eigenvalue weighted by molar-refractivity contribution is 9.10. The van der Waals surface area contributed by atoms with Crippen molar-refractivity contribution in [2.24, 2.45) is 0 Å². The Balaban J connectivity index is 2.28. The van der Waals surface area contributed by atoms with E-state index in [1.54, 1.807) is 0 Å². The maximum atomic E-state index is 12.2. The Kier molecular flexibility index (Phi) is 3.77. The molecule has 1 aromatic rings. The zero-order valence-corrected chi connectivity index (χ0v) is 12.5. The summed E-state index contributed by atoms with van der Waals surface area (Å²) in [6.07, 6.45) is 2.74. The molecular formula is C9H11BrN2O4S2. The molecule has 1 fully saturated rings. The molecule has 0 bridgehead atoms. The van der Waals surface area contributed by atoms with E-state index in [9.17, 15) is 16.8 Å². The number of rotatable bonds is 2. The van der Waals surface area contributed by atoms with Crippen LogP contribution in [0.1, 0.15) is 0 Å². The first kappa shape index (κ1) is 13.9. The number of hydrogen-bond donors (Lipinski definition) is 0. The molecule has 18 heavy (non-hydrogen) atoms. The van der Waals surface area contributed by atoms with Crippen LogP contribution in [0.15, 0.2) is 27.8 Å². The zero-order valence-electron chi connectivity index (χ0n) is 9.28. The summed E-state index contributed by atoms with van der Waals surface area (Å²) in [5.41, 5.74) is 0. The molecule has 1 aliphatic rings. The van der Waals surface area contributed by atoms with Gasteiger partial charge in [-0.25, -0.2) is 16.8 Å². The monoisotopic (exact) mass is 354 g/mol. The van der Waals surface area contributed by atoms with Gasteiger partial charge in [0, 0.05) is 30.0 Å². The number of nitrogens with zero attached hydrogens (tertiary/aromatic N) is 2. The Morgan fingerprint density at radius 2 is 1.83 bits per heavy atom. The van der Waals surface area contributed by atoms with Crippen molar-refractivity contribution in [2.75, 3.05) is 24.6 Å². The molecule has 1 aliphatic heterocycles. The second-order valence-corrected chi connectivity index (χ2v) is 9.05. The van der Waals surface area contributed by atoms with E-state index in [0.29, 0.717) is 4.47 Å². The highest BCUT2D eigenvalue weighted by Gasteiger charge is 2.31. The fourth-order valence-electron chi connectivity index (χ4n) is 1.62. The van der Waals surface area contributed by atoms with Crippen molar-refractivity contribution >= 4 is 35.8 Å². The van der Waals surface area contributed by atoms with Crippen LogP contribution in [0, 0.1) is 0 Å². The van der Waals surface area contributed by atoms with Crippen molar-refractivity contribution in [1.29, 1.82) is 0 Å². The van der Waals surface area contributed by atoms with Gasteiger partial charge in [-0.3, -0.25) is 4.98 Å². The fourth-order valence-corrected chi connectivity index (χ4v) is 5.00. The van der Waals surface area contributed by atoms with E-state index in [2.05, 4.69) is 20.9 Å². The number of halogens is 1. The van der Waals surface area contributed by atoms with E-state index < -0.39 is 19.9 Å². The molecule has 9 heteroatoms. The van der Waals surface area contributed by atoms with Gasteiger partial charge in [0.15, 0.2) is 9.84 Å². The van der Waals surface area contributed by atoms with Crippen LogP contribution in [-0.4, -0.2) is 50.7 Å². The SMILES string of the molecule is O=S1(=O)CCN(S(=O)(=O)c2cncc(Br)c2)CC1. The Hall–Kier alpha value is -0.510. The Morgan fingerprint density at radius 3 is 2.39 bits per heavy atom. The number of sulfone groups is 1. The summed E-state index contributed by atoms with van der Waals surface area (Å²) < 4.78 is 48.7. The molecule has 0 aliphatic carbocycles. The molecule has 2 heterocycles. The van der Waals surface area contributed by atoms with E-state index in [0.717, 1.165) is 0 Å². The smallest absolute Gasteiger partial charge is 0.244 e.